The number of ether oxygens (including phenoxy) is 2. The van der Waals surface area contributed by atoms with Crippen molar-refractivity contribution >= 4 is 5.91 Å². The Labute approximate surface area is 174 Å². The van der Waals surface area contributed by atoms with Gasteiger partial charge in [-0.1, -0.05) is 42.5 Å². The van der Waals surface area contributed by atoms with Gasteiger partial charge in [0.15, 0.2) is 6.61 Å². The summed E-state index contributed by atoms with van der Waals surface area (Å²) >= 11 is 0. The van der Waals surface area contributed by atoms with Gasteiger partial charge in [0.05, 0.1) is 12.2 Å². The molecule has 5 heteroatoms. The second kappa shape index (κ2) is 9.90. The smallest absolute Gasteiger partial charge is 0.258 e. The molecule has 0 radical (unpaired) electrons. The number of nitrogens with one attached hydrogen (secondary N) is 1. The van der Waals surface area contributed by atoms with Crippen LogP contribution in [-0.4, -0.2) is 42.7 Å². The van der Waals surface area contributed by atoms with Gasteiger partial charge >= 0.3 is 0 Å². The Morgan fingerprint density at radius 1 is 1.03 bits per heavy atom. The standard InChI is InChI=1S/C24H32N2O3/c1-17-8-7-9-18(2)24(17)28-16-23(27)25-12-21-10-5-6-11-22(21)15-26-13-19(3)29-20(4)14-26/h5-11,19-20H,12-16H2,1-4H3,(H,25,27). The quantitative estimate of drug-likeness (QED) is 0.777. The molecule has 29 heavy (non-hydrogen) atoms. The van der Waals surface area contributed by atoms with Gasteiger partial charge in [0, 0.05) is 26.2 Å². The zero-order chi connectivity index (χ0) is 20.8. The molecular weight excluding hydrogens is 364 g/mol. The molecule has 1 saturated heterocycles. The van der Waals surface area contributed by atoms with E-state index < -0.39 is 0 Å². The Balaban J connectivity index is 1.54. The van der Waals surface area contributed by atoms with Crippen molar-refractivity contribution in [2.45, 2.75) is 53.0 Å². The average molecular weight is 397 g/mol. The predicted molar refractivity (Wildman–Crippen MR) is 115 cm³/mol. The van der Waals surface area contributed by atoms with E-state index in [1.54, 1.807) is 0 Å². The minimum absolute atomic E-state index is 0.0202. The number of para-hydroxylation sites is 1. The first kappa shape index (κ1) is 21.3. The van der Waals surface area contributed by atoms with Crippen LogP contribution in [0.5, 0.6) is 5.75 Å². The van der Waals surface area contributed by atoms with E-state index in [2.05, 4.69) is 42.3 Å². The largest absolute Gasteiger partial charge is 0.483 e. The topological polar surface area (TPSA) is 50.8 Å². The highest BCUT2D eigenvalue weighted by Gasteiger charge is 2.22. The van der Waals surface area contributed by atoms with Crippen LogP contribution in [0.25, 0.3) is 0 Å². The Hall–Kier alpha value is -2.37. The number of carbonyl (C=O) groups is 1. The molecule has 5 nitrogen and oxygen atoms in total. The molecule has 1 heterocycles. The molecule has 0 saturated carbocycles. The molecule has 1 fully saturated rings. The van der Waals surface area contributed by atoms with Gasteiger partial charge in [-0.3, -0.25) is 9.69 Å². The third kappa shape index (κ3) is 6.05. The number of carbonyl (C=O) groups excluding carboxylic acids is 1. The van der Waals surface area contributed by atoms with Crippen molar-refractivity contribution in [3.63, 3.8) is 0 Å². The molecule has 2 aromatic rings. The van der Waals surface area contributed by atoms with Crippen molar-refractivity contribution in [1.29, 1.82) is 0 Å². The highest BCUT2D eigenvalue weighted by molar-refractivity contribution is 5.77. The molecule has 1 amide bonds. The van der Waals surface area contributed by atoms with E-state index >= 15 is 0 Å². The Kier molecular flexibility index (Phi) is 7.29. The van der Waals surface area contributed by atoms with Crippen molar-refractivity contribution in [2.24, 2.45) is 0 Å². The molecule has 0 aliphatic carbocycles. The Morgan fingerprint density at radius 2 is 1.66 bits per heavy atom. The van der Waals surface area contributed by atoms with E-state index in [4.69, 9.17) is 9.47 Å². The summed E-state index contributed by atoms with van der Waals surface area (Å²) in [5, 5.41) is 3.00. The van der Waals surface area contributed by atoms with Crippen molar-refractivity contribution in [2.75, 3.05) is 19.7 Å². The van der Waals surface area contributed by atoms with Gasteiger partial charge in [0.1, 0.15) is 5.75 Å². The van der Waals surface area contributed by atoms with E-state index in [9.17, 15) is 4.79 Å². The molecule has 3 rings (SSSR count). The van der Waals surface area contributed by atoms with Gasteiger partial charge in [0.25, 0.3) is 5.91 Å². The highest BCUT2D eigenvalue weighted by atomic mass is 16.5. The average Bonchev–Trinajstić information content (AvgIpc) is 2.66. The van der Waals surface area contributed by atoms with Crippen LogP contribution in [-0.2, 0) is 22.6 Å². The summed E-state index contributed by atoms with van der Waals surface area (Å²) in [7, 11) is 0. The lowest BCUT2D eigenvalue weighted by Gasteiger charge is -2.35. The third-order valence-corrected chi connectivity index (χ3v) is 5.24. The summed E-state index contributed by atoms with van der Waals surface area (Å²) in [6.45, 7) is 11.4. The van der Waals surface area contributed by atoms with Crippen LogP contribution in [0, 0.1) is 13.8 Å². The van der Waals surface area contributed by atoms with Gasteiger partial charge < -0.3 is 14.8 Å². The molecule has 0 aromatic heterocycles. The number of morpholine rings is 1. The van der Waals surface area contributed by atoms with Crippen LogP contribution in [0.4, 0.5) is 0 Å². The van der Waals surface area contributed by atoms with Crippen LogP contribution >= 0.6 is 0 Å². The van der Waals surface area contributed by atoms with Crippen LogP contribution in [0.15, 0.2) is 42.5 Å². The van der Waals surface area contributed by atoms with Crippen LogP contribution < -0.4 is 10.1 Å². The first-order chi connectivity index (χ1) is 13.9. The zero-order valence-electron chi connectivity index (χ0n) is 17.9. The maximum atomic E-state index is 12.3. The fraction of sp³-hybridized carbons (Fsp3) is 0.458. The summed E-state index contributed by atoms with van der Waals surface area (Å²) in [5.74, 6) is 0.676. The number of amides is 1. The zero-order valence-corrected chi connectivity index (χ0v) is 17.9. The number of nitrogens with zero attached hydrogens (tertiary/aromatic N) is 1. The van der Waals surface area contributed by atoms with Crippen molar-refractivity contribution in [3.8, 4) is 5.75 Å². The van der Waals surface area contributed by atoms with Gasteiger partial charge in [-0.25, -0.2) is 0 Å². The highest BCUT2D eigenvalue weighted by Crippen LogP contribution is 2.22. The number of benzene rings is 2. The van der Waals surface area contributed by atoms with Crippen LogP contribution in [0.1, 0.15) is 36.1 Å². The summed E-state index contributed by atoms with van der Waals surface area (Å²) in [5.41, 5.74) is 4.46. The van der Waals surface area contributed by atoms with Crippen molar-refractivity contribution < 1.29 is 14.3 Å². The monoisotopic (exact) mass is 396 g/mol. The second-order valence-electron chi connectivity index (χ2n) is 8.01. The summed E-state index contributed by atoms with van der Waals surface area (Å²) < 4.78 is 11.6. The predicted octanol–water partition coefficient (Wildman–Crippen LogP) is 3.61. The maximum Gasteiger partial charge on any atom is 0.258 e. The molecule has 2 unspecified atom stereocenters. The normalized spacial score (nSPS) is 19.7. The molecule has 0 spiro atoms. The second-order valence-corrected chi connectivity index (χ2v) is 8.01. The molecule has 2 aromatic carbocycles. The molecule has 0 bridgehead atoms. The first-order valence-electron chi connectivity index (χ1n) is 10.3. The Bertz CT molecular complexity index is 806. The molecule has 1 aliphatic rings. The Morgan fingerprint density at radius 3 is 2.31 bits per heavy atom. The van der Waals surface area contributed by atoms with Crippen molar-refractivity contribution in [3.05, 3.63) is 64.7 Å². The minimum atomic E-state index is -0.115. The maximum absolute atomic E-state index is 12.3. The van der Waals surface area contributed by atoms with E-state index in [0.29, 0.717) is 6.54 Å². The lowest BCUT2D eigenvalue weighted by atomic mass is 10.1. The molecular formula is C24H32N2O3. The minimum Gasteiger partial charge on any atom is -0.483 e. The lowest BCUT2D eigenvalue weighted by molar-refractivity contribution is -0.123. The van der Waals surface area contributed by atoms with Gasteiger partial charge in [-0.05, 0) is 49.9 Å². The molecule has 156 valence electrons. The van der Waals surface area contributed by atoms with Crippen LogP contribution in [0.2, 0.25) is 0 Å². The van der Waals surface area contributed by atoms with E-state index in [1.807, 2.05) is 38.1 Å². The van der Waals surface area contributed by atoms with Gasteiger partial charge in [-0.15, -0.1) is 0 Å². The number of hydrogen-bond donors (Lipinski definition) is 1. The number of rotatable bonds is 7. The first-order valence-corrected chi connectivity index (χ1v) is 10.3. The fourth-order valence-corrected chi connectivity index (χ4v) is 3.95. The van der Waals surface area contributed by atoms with E-state index in [-0.39, 0.29) is 24.7 Å². The summed E-state index contributed by atoms with van der Waals surface area (Å²) in [6.07, 6.45) is 0.486. The number of hydrogen-bond acceptors (Lipinski definition) is 4. The SMILES string of the molecule is Cc1cccc(C)c1OCC(=O)NCc1ccccc1CN1CC(C)OC(C)C1. The van der Waals surface area contributed by atoms with Gasteiger partial charge in [0.2, 0.25) is 0 Å². The molecule has 1 aliphatic heterocycles. The molecule has 2 atom stereocenters. The van der Waals surface area contributed by atoms with E-state index in [1.165, 1.54) is 5.56 Å². The van der Waals surface area contributed by atoms with Gasteiger partial charge in [-0.2, -0.15) is 0 Å². The fourth-order valence-electron chi connectivity index (χ4n) is 3.95. The van der Waals surface area contributed by atoms with Crippen LogP contribution in [0.3, 0.4) is 0 Å². The third-order valence-electron chi connectivity index (χ3n) is 5.24. The number of aryl methyl sites for hydroxylation is 2. The molecule has 1 N–H and O–H groups in total. The summed E-state index contributed by atoms with van der Waals surface area (Å²) in [4.78, 5) is 14.8. The summed E-state index contributed by atoms with van der Waals surface area (Å²) in [6, 6.07) is 14.3. The lowest BCUT2D eigenvalue weighted by Crippen LogP contribution is -2.45. The van der Waals surface area contributed by atoms with E-state index in [0.717, 1.165) is 42.1 Å². The van der Waals surface area contributed by atoms with Crippen molar-refractivity contribution in [1.82, 2.24) is 10.2 Å².